The summed E-state index contributed by atoms with van der Waals surface area (Å²) < 4.78 is 28.1. The summed E-state index contributed by atoms with van der Waals surface area (Å²) in [5.74, 6) is -0.502. The molecule has 0 saturated heterocycles. The van der Waals surface area contributed by atoms with E-state index in [1.165, 1.54) is 0 Å². The first-order valence-corrected chi connectivity index (χ1v) is 10.1. The van der Waals surface area contributed by atoms with Gasteiger partial charge in [-0.25, -0.2) is 12.7 Å². The molecule has 1 amide bonds. The highest BCUT2D eigenvalue weighted by molar-refractivity contribution is 7.89. The molecule has 4 nitrogen and oxygen atoms in total. The van der Waals surface area contributed by atoms with Gasteiger partial charge >= 0.3 is 0 Å². The standard InChI is InChI=1S/C22H19NO3S/c1-16-12-14-18(15-13-16)27(25,26)23-21(24)19-10-6-7-11-20(19)22(23,2)17-8-4-3-5-9-17/h3-15H,1-2H3. The summed E-state index contributed by atoms with van der Waals surface area (Å²) in [7, 11) is -4.04. The van der Waals surface area contributed by atoms with Crippen molar-refractivity contribution >= 4 is 15.9 Å². The molecule has 3 aromatic rings. The molecule has 0 aromatic heterocycles. The molecule has 4 rings (SSSR count). The molecule has 136 valence electrons. The minimum atomic E-state index is -4.04. The smallest absolute Gasteiger partial charge is 0.268 e. The molecule has 0 aliphatic carbocycles. The van der Waals surface area contributed by atoms with Gasteiger partial charge in [-0.05, 0) is 43.2 Å². The van der Waals surface area contributed by atoms with Gasteiger partial charge in [0.1, 0.15) is 5.54 Å². The van der Waals surface area contributed by atoms with Gasteiger partial charge < -0.3 is 0 Å². The van der Waals surface area contributed by atoms with E-state index in [2.05, 4.69) is 0 Å². The van der Waals surface area contributed by atoms with Crippen LogP contribution < -0.4 is 0 Å². The minimum absolute atomic E-state index is 0.108. The summed E-state index contributed by atoms with van der Waals surface area (Å²) in [5, 5.41) is 0. The number of carbonyl (C=O) groups excluding carboxylic acids is 1. The molecule has 5 heteroatoms. The van der Waals surface area contributed by atoms with E-state index in [9.17, 15) is 13.2 Å². The molecule has 1 unspecified atom stereocenters. The monoisotopic (exact) mass is 377 g/mol. The van der Waals surface area contributed by atoms with Gasteiger partial charge in [0.05, 0.1) is 4.90 Å². The molecule has 1 atom stereocenters. The van der Waals surface area contributed by atoms with Crippen LogP contribution >= 0.6 is 0 Å². The number of fused-ring (bicyclic) bond motifs is 1. The van der Waals surface area contributed by atoms with Crippen LogP contribution in [0.5, 0.6) is 0 Å². The normalized spacial score (nSPS) is 19.2. The Hall–Kier alpha value is -2.92. The van der Waals surface area contributed by atoms with E-state index in [1.54, 1.807) is 43.3 Å². The molecule has 0 bridgehead atoms. The second-order valence-corrected chi connectivity index (χ2v) is 8.66. The fourth-order valence-electron chi connectivity index (χ4n) is 3.72. The van der Waals surface area contributed by atoms with E-state index in [1.807, 2.05) is 49.4 Å². The van der Waals surface area contributed by atoms with E-state index >= 15 is 0 Å². The molecule has 1 aliphatic heterocycles. The van der Waals surface area contributed by atoms with Crippen molar-refractivity contribution < 1.29 is 13.2 Å². The van der Waals surface area contributed by atoms with Gasteiger partial charge in [-0.15, -0.1) is 0 Å². The SMILES string of the molecule is Cc1ccc(S(=O)(=O)N2C(=O)c3ccccc3C2(C)c2ccccc2)cc1. The van der Waals surface area contributed by atoms with Crippen molar-refractivity contribution in [1.82, 2.24) is 4.31 Å². The predicted molar refractivity (Wildman–Crippen MR) is 104 cm³/mol. The summed E-state index contributed by atoms with van der Waals surface area (Å²) in [6.45, 7) is 3.68. The molecule has 0 fully saturated rings. The van der Waals surface area contributed by atoms with Crippen LogP contribution in [0.2, 0.25) is 0 Å². The van der Waals surface area contributed by atoms with Gasteiger partial charge in [0.2, 0.25) is 0 Å². The summed E-state index contributed by atoms with van der Waals surface area (Å²) in [6.07, 6.45) is 0. The molecular weight excluding hydrogens is 358 g/mol. The molecule has 1 aliphatic rings. The van der Waals surface area contributed by atoms with Crippen molar-refractivity contribution in [2.24, 2.45) is 0 Å². The number of hydrogen-bond donors (Lipinski definition) is 0. The Morgan fingerprint density at radius 1 is 0.815 bits per heavy atom. The van der Waals surface area contributed by atoms with E-state index in [0.29, 0.717) is 11.1 Å². The number of sulfonamides is 1. The predicted octanol–water partition coefficient (Wildman–Crippen LogP) is 4.10. The number of carbonyl (C=O) groups is 1. The van der Waals surface area contributed by atoms with Crippen LogP contribution in [-0.4, -0.2) is 18.6 Å². The number of amides is 1. The van der Waals surface area contributed by atoms with Crippen LogP contribution in [0.25, 0.3) is 0 Å². The van der Waals surface area contributed by atoms with Crippen LogP contribution in [0.3, 0.4) is 0 Å². The van der Waals surface area contributed by atoms with Gasteiger partial charge in [0, 0.05) is 5.56 Å². The Balaban J connectivity index is 1.99. The Morgan fingerprint density at radius 3 is 2.07 bits per heavy atom. The molecule has 1 heterocycles. The third-order valence-corrected chi connectivity index (χ3v) is 7.05. The molecule has 0 radical (unpaired) electrons. The second-order valence-electron chi connectivity index (χ2n) is 6.87. The number of aryl methyl sites for hydroxylation is 1. The maximum absolute atomic E-state index is 13.5. The fraction of sp³-hybridized carbons (Fsp3) is 0.136. The molecular formula is C22H19NO3S. The van der Waals surface area contributed by atoms with Crippen LogP contribution in [0.4, 0.5) is 0 Å². The average Bonchev–Trinajstić information content (AvgIpc) is 2.92. The highest BCUT2D eigenvalue weighted by atomic mass is 32.2. The van der Waals surface area contributed by atoms with Gasteiger partial charge in [-0.1, -0.05) is 66.2 Å². The lowest BCUT2D eigenvalue weighted by Gasteiger charge is -2.35. The number of hydrogen-bond acceptors (Lipinski definition) is 3. The number of benzene rings is 3. The third kappa shape index (κ3) is 2.50. The summed E-state index contributed by atoms with van der Waals surface area (Å²) in [6, 6.07) is 22.9. The summed E-state index contributed by atoms with van der Waals surface area (Å²) >= 11 is 0. The summed E-state index contributed by atoms with van der Waals surface area (Å²) in [5.41, 5.74) is 1.70. The van der Waals surface area contributed by atoms with Crippen molar-refractivity contribution in [3.05, 3.63) is 101 Å². The number of rotatable bonds is 3. The minimum Gasteiger partial charge on any atom is -0.268 e. The van der Waals surface area contributed by atoms with Crippen molar-refractivity contribution in [1.29, 1.82) is 0 Å². The van der Waals surface area contributed by atoms with Gasteiger partial charge in [-0.2, -0.15) is 0 Å². The lowest BCUT2D eigenvalue weighted by atomic mass is 9.85. The third-order valence-electron chi connectivity index (χ3n) is 5.17. The Bertz CT molecular complexity index is 1120. The number of nitrogens with zero attached hydrogens (tertiary/aromatic N) is 1. The van der Waals surface area contributed by atoms with Crippen molar-refractivity contribution in [3.8, 4) is 0 Å². The van der Waals surface area contributed by atoms with Crippen LogP contribution in [0.1, 0.15) is 34.0 Å². The first kappa shape index (κ1) is 17.5. The lowest BCUT2D eigenvalue weighted by molar-refractivity contribution is 0.0819. The first-order chi connectivity index (χ1) is 12.9. The van der Waals surface area contributed by atoms with Gasteiger partial charge in [0.25, 0.3) is 15.9 Å². The maximum Gasteiger partial charge on any atom is 0.269 e. The van der Waals surface area contributed by atoms with Crippen molar-refractivity contribution in [2.45, 2.75) is 24.3 Å². The van der Waals surface area contributed by atoms with Crippen LogP contribution in [0, 0.1) is 6.92 Å². The molecule has 27 heavy (non-hydrogen) atoms. The highest BCUT2D eigenvalue weighted by Gasteiger charge is 2.53. The molecule has 0 saturated carbocycles. The maximum atomic E-state index is 13.5. The summed E-state index contributed by atoms with van der Waals surface area (Å²) in [4.78, 5) is 13.3. The Labute approximate surface area is 159 Å². The van der Waals surface area contributed by atoms with E-state index in [-0.39, 0.29) is 4.90 Å². The van der Waals surface area contributed by atoms with E-state index in [0.717, 1.165) is 15.4 Å². The quantitative estimate of drug-likeness (QED) is 0.690. The van der Waals surface area contributed by atoms with Crippen LogP contribution in [-0.2, 0) is 15.6 Å². The van der Waals surface area contributed by atoms with Crippen molar-refractivity contribution in [3.63, 3.8) is 0 Å². The Morgan fingerprint density at radius 2 is 1.41 bits per heavy atom. The fourth-order valence-corrected chi connectivity index (χ4v) is 5.41. The molecule has 0 N–H and O–H groups in total. The zero-order chi connectivity index (χ0) is 19.2. The topological polar surface area (TPSA) is 54.5 Å². The van der Waals surface area contributed by atoms with Gasteiger partial charge in [0.15, 0.2) is 0 Å². The second kappa shape index (κ2) is 6.06. The average molecular weight is 377 g/mol. The van der Waals surface area contributed by atoms with Crippen LogP contribution in [0.15, 0.2) is 83.8 Å². The van der Waals surface area contributed by atoms with Crippen molar-refractivity contribution in [2.75, 3.05) is 0 Å². The van der Waals surface area contributed by atoms with Gasteiger partial charge in [-0.3, -0.25) is 4.79 Å². The largest absolute Gasteiger partial charge is 0.269 e. The first-order valence-electron chi connectivity index (χ1n) is 8.68. The highest BCUT2D eigenvalue weighted by Crippen LogP contribution is 2.46. The molecule has 3 aromatic carbocycles. The zero-order valence-corrected chi connectivity index (χ0v) is 15.9. The van der Waals surface area contributed by atoms with E-state index in [4.69, 9.17) is 0 Å². The van der Waals surface area contributed by atoms with E-state index < -0.39 is 21.5 Å². The molecule has 0 spiro atoms. The Kier molecular flexibility index (Phi) is 3.93. The lowest BCUT2D eigenvalue weighted by Crippen LogP contribution is -2.46. The zero-order valence-electron chi connectivity index (χ0n) is 15.1.